The second-order valence-corrected chi connectivity index (χ2v) is 8.34. The monoisotopic (exact) mass is 439 g/mol. The molecule has 2 heterocycles. The van der Waals surface area contributed by atoms with Crippen LogP contribution in [0.4, 0.5) is 10.1 Å². The van der Waals surface area contributed by atoms with Gasteiger partial charge in [0, 0.05) is 37.4 Å². The Morgan fingerprint density at radius 1 is 1.10 bits per heavy atom. The number of ketones is 1. The molecule has 1 aromatic heterocycles. The maximum atomic E-state index is 14.5. The highest BCUT2D eigenvalue weighted by Crippen LogP contribution is 2.22. The Hall–Kier alpha value is -2.84. The molecule has 0 aliphatic carbocycles. The summed E-state index contributed by atoms with van der Waals surface area (Å²) in [5.74, 6) is 0.366. The van der Waals surface area contributed by atoms with E-state index in [-0.39, 0.29) is 11.6 Å². The van der Waals surface area contributed by atoms with Gasteiger partial charge in [-0.3, -0.25) is 14.3 Å². The molecular weight excluding hydrogens is 413 g/mol. The van der Waals surface area contributed by atoms with Crippen LogP contribution in [-0.2, 0) is 6.67 Å². The zero-order valence-electron chi connectivity index (χ0n) is 18.0. The predicted molar refractivity (Wildman–Crippen MR) is 122 cm³/mol. The van der Waals surface area contributed by atoms with E-state index in [1.165, 1.54) is 18.6 Å². The van der Waals surface area contributed by atoms with E-state index >= 15 is 0 Å². The summed E-state index contributed by atoms with van der Waals surface area (Å²) >= 11 is 5.71. The number of nitrogens with zero attached hydrogens (tertiary/aromatic N) is 5. The highest BCUT2D eigenvalue weighted by molar-refractivity contribution is 7.71. The Bertz CT molecular complexity index is 1180. The van der Waals surface area contributed by atoms with Crippen LogP contribution in [0.15, 0.2) is 42.5 Å². The largest absolute Gasteiger partial charge is 0.367 e. The van der Waals surface area contributed by atoms with E-state index in [0.29, 0.717) is 35.8 Å². The van der Waals surface area contributed by atoms with Crippen molar-refractivity contribution < 1.29 is 9.18 Å². The molecule has 0 amide bonds. The molecule has 2 aromatic carbocycles. The van der Waals surface area contributed by atoms with Gasteiger partial charge in [0.2, 0.25) is 4.77 Å². The lowest BCUT2D eigenvalue weighted by atomic mass is 10.1. The molecule has 1 aliphatic heterocycles. The van der Waals surface area contributed by atoms with Crippen molar-refractivity contribution in [2.45, 2.75) is 27.4 Å². The third kappa shape index (κ3) is 4.45. The van der Waals surface area contributed by atoms with Crippen LogP contribution in [0.25, 0.3) is 5.69 Å². The van der Waals surface area contributed by atoms with Crippen molar-refractivity contribution in [3.63, 3.8) is 0 Å². The standard InChI is InChI=1S/C23H26FN5OS/c1-16-5-4-6-20(13-16)29-18(3)25-28(23(29)31)15-26-9-11-27(12-10-26)22-8-7-19(17(2)30)14-21(22)24/h4-8,13-14H,9-12,15H2,1-3H3. The Morgan fingerprint density at radius 3 is 2.48 bits per heavy atom. The minimum atomic E-state index is -0.351. The highest BCUT2D eigenvalue weighted by atomic mass is 32.1. The number of anilines is 1. The number of halogens is 1. The average Bonchev–Trinajstić information content (AvgIpc) is 3.01. The fraction of sp³-hybridized carbons (Fsp3) is 0.348. The van der Waals surface area contributed by atoms with Gasteiger partial charge in [-0.05, 0) is 68.9 Å². The number of hydrogen-bond acceptors (Lipinski definition) is 5. The van der Waals surface area contributed by atoms with Crippen LogP contribution in [0.3, 0.4) is 0 Å². The average molecular weight is 440 g/mol. The number of aryl methyl sites for hydroxylation is 2. The molecule has 1 aliphatic rings. The van der Waals surface area contributed by atoms with E-state index < -0.39 is 0 Å². The summed E-state index contributed by atoms with van der Waals surface area (Å²) in [6.45, 7) is 8.99. The van der Waals surface area contributed by atoms with E-state index in [9.17, 15) is 9.18 Å². The summed E-state index contributed by atoms with van der Waals surface area (Å²) < 4.78 is 19.0. The molecule has 0 spiro atoms. The Labute approximate surface area is 186 Å². The second kappa shape index (κ2) is 8.72. The van der Waals surface area contributed by atoms with Gasteiger partial charge in [0.05, 0.1) is 12.4 Å². The molecule has 3 aromatic rings. The van der Waals surface area contributed by atoms with E-state index in [0.717, 1.165) is 24.6 Å². The number of rotatable bonds is 5. The first kappa shape index (κ1) is 21.4. The first-order chi connectivity index (χ1) is 14.8. The van der Waals surface area contributed by atoms with Crippen LogP contribution in [0.2, 0.25) is 0 Å². The summed E-state index contributed by atoms with van der Waals surface area (Å²) in [5, 5.41) is 4.66. The third-order valence-corrected chi connectivity index (χ3v) is 6.06. The number of hydrogen-bond donors (Lipinski definition) is 0. The number of Topliss-reactive ketones (excluding diaryl/α,β-unsaturated/α-hetero) is 1. The quantitative estimate of drug-likeness (QED) is 0.442. The number of carbonyl (C=O) groups is 1. The van der Waals surface area contributed by atoms with Crippen molar-refractivity contribution in [3.8, 4) is 5.69 Å². The van der Waals surface area contributed by atoms with Crippen LogP contribution in [0.1, 0.15) is 28.7 Å². The molecule has 4 rings (SSSR count). The maximum absolute atomic E-state index is 14.5. The van der Waals surface area contributed by atoms with E-state index in [1.807, 2.05) is 33.2 Å². The molecule has 1 saturated heterocycles. The molecule has 0 atom stereocenters. The normalized spacial score (nSPS) is 14.8. The number of benzene rings is 2. The molecule has 31 heavy (non-hydrogen) atoms. The third-order valence-electron chi connectivity index (χ3n) is 5.66. The molecular formula is C23H26FN5OS. The molecule has 0 N–H and O–H groups in total. The van der Waals surface area contributed by atoms with Gasteiger partial charge in [0.1, 0.15) is 11.6 Å². The van der Waals surface area contributed by atoms with Crippen molar-refractivity contribution in [1.82, 2.24) is 19.2 Å². The highest BCUT2D eigenvalue weighted by Gasteiger charge is 2.21. The zero-order valence-corrected chi connectivity index (χ0v) is 18.8. The molecule has 0 unspecified atom stereocenters. The second-order valence-electron chi connectivity index (χ2n) is 7.97. The maximum Gasteiger partial charge on any atom is 0.203 e. The Morgan fingerprint density at radius 2 is 1.84 bits per heavy atom. The van der Waals surface area contributed by atoms with Crippen molar-refractivity contribution in [2.24, 2.45) is 0 Å². The SMILES string of the molecule is CC(=O)c1ccc(N2CCN(Cn3nc(C)n(-c4cccc(C)c4)c3=S)CC2)c(F)c1. The van der Waals surface area contributed by atoms with Gasteiger partial charge in [-0.15, -0.1) is 0 Å². The van der Waals surface area contributed by atoms with E-state index in [1.54, 1.807) is 12.1 Å². The van der Waals surface area contributed by atoms with Gasteiger partial charge in [-0.2, -0.15) is 5.10 Å². The Kier molecular flexibility index (Phi) is 6.02. The van der Waals surface area contributed by atoms with Crippen LogP contribution >= 0.6 is 12.2 Å². The number of piperazine rings is 1. The fourth-order valence-corrected chi connectivity index (χ4v) is 4.31. The molecule has 8 heteroatoms. The molecule has 0 radical (unpaired) electrons. The lowest BCUT2D eigenvalue weighted by molar-refractivity contribution is 0.101. The van der Waals surface area contributed by atoms with Crippen LogP contribution in [0.5, 0.6) is 0 Å². The van der Waals surface area contributed by atoms with Crippen molar-refractivity contribution in [1.29, 1.82) is 0 Å². The molecule has 6 nitrogen and oxygen atoms in total. The molecule has 0 bridgehead atoms. The minimum Gasteiger partial charge on any atom is -0.367 e. The number of aromatic nitrogens is 3. The topological polar surface area (TPSA) is 46.3 Å². The first-order valence-corrected chi connectivity index (χ1v) is 10.8. The van der Waals surface area contributed by atoms with Crippen molar-refractivity contribution in [3.05, 3.63) is 70.0 Å². The molecule has 162 valence electrons. The summed E-state index contributed by atoms with van der Waals surface area (Å²) in [6.07, 6.45) is 0. The Balaban J connectivity index is 1.45. The predicted octanol–water partition coefficient (Wildman–Crippen LogP) is 4.14. The lowest BCUT2D eigenvalue weighted by Crippen LogP contribution is -2.47. The summed E-state index contributed by atoms with van der Waals surface area (Å²) in [4.78, 5) is 15.7. The summed E-state index contributed by atoms with van der Waals surface area (Å²) in [6, 6.07) is 12.9. The van der Waals surface area contributed by atoms with Gasteiger partial charge >= 0.3 is 0 Å². The van der Waals surface area contributed by atoms with E-state index in [2.05, 4.69) is 29.1 Å². The molecule has 1 fully saturated rings. The summed E-state index contributed by atoms with van der Waals surface area (Å²) in [5.41, 5.74) is 3.13. The van der Waals surface area contributed by atoms with E-state index in [4.69, 9.17) is 12.2 Å². The van der Waals surface area contributed by atoms with Crippen molar-refractivity contribution in [2.75, 3.05) is 31.1 Å². The molecule has 0 saturated carbocycles. The van der Waals surface area contributed by atoms with Gasteiger partial charge < -0.3 is 4.90 Å². The van der Waals surface area contributed by atoms with Gasteiger partial charge in [-0.25, -0.2) is 9.07 Å². The van der Waals surface area contributed by atoms with Gasteiger partial charge in [0.25, 0.3) is 0 Å². The lowest BCUT2D eigenvalue weighted by Gasteiger charge is -2.36. The zero-order chi connectivity index (χ0) is 22.1. The van der Waals surface area contributed by atoms with Crippen molar-refractivity contribution >= 4 is 23.7 Å². The van der Waals surface area contributed by atoms with Crippen LogP contribution in [0, 0.1) is 24.4 Å². The van der Waals surface area contributed by atoms with Crippen LogP contribution in [-0.4, -0.2) is 51.2 Å². The summed E-state index contributed by atoms with van der Waals surface area (Å²) in [7, 11) is 0. The van der Waals surface area contributed by atoms with Gasteiger partial charge in [-0.1, -0.05) is 12.1 Å². The first-order valence-electron chi connectivity index (χ1n) is 10.3. The number of carbonyl (C=O) groups excluding carboxylic acids is 1. The van der Waals surface area contributed by atoms with Gasteiger partial charge in [0.15, 0.2) is 5.78 Å². The minimum absolute atomic E-state index is 0.132. The smallest absolute Gasteiger partial charge is 0.203 e. The fourth-order valence-electron chi connectivity index (χ4n) is 3.97. The van der Waals surface area contributed by atoms with Crippen LogP contribution < -0.4 is 4.90 Å².